The van der Waals surface area contributed by atoms with Crippen LogP contribution in [-0.4, -0.2) is 4.57 Å². The second kappa shape index (κ2) is 7.96. The molecule has 0 saturated heterocycles. The number of nitrogens with zero attached hydrogens (tertiary/aromatic N) is 2. The third kappa shape index (κ3) is 3.29. The number of nitrogen functional groups attached to an aromatic ring is 1. The molecule has 3 nitrogen and oxygen atoms in total. The molecule has 34 heavy (non-hydrogen) atoms. The topological polar surface area (TPSA) is 34.2 Å². The minimum absolute atomic E-state index is 0.761. The van der Waals surface area contributed by atoms with Crippen molar-refractivity contribution in [2.75, 3.05) is 10.6 Å². The summed E-state index contributed by atoms with van der Waals surface area (Å²) in [4.78, 5) is 2.37. The molecule has 0 aliphatic carbocycles. The van der Waals surface area contributed by atoms with Crippen LogP contribution in [0.2, 0.25) is 0 Å². The normalized spacial score (nSPS) is 14.2. The van der Waals surface area contributed by atoms with Crippen LogP contribution < -0.4 is 10.6 Å². The van der Waals surface area contributed by atoms with Gasteiger partial charge in [0.25, 0.3) is 0 Å². The van der Waals surface area contributed by atoms with Gasteiger partial charge >= 0.3 is 0 Å². The lowest BCUT2D eigenvalue weighted by molar-refractivity contribution is 1.13. The van der Waals surface area contributed by atoms with Crippen molar-refractivity contribution in [2.24, 2.45) is 0 Å². The third-order valence-corrected chi connectivity index (χ3v) is 6.74. The quantitative estimate of drug-likeness (QED) is 0.313. The average molecular weight is 442 g/mol. The predicted molar refractivity (Wildman–Crippen MR) is 144 cm³/mol. The first-order valence-electron chi connectivity index (χ1n) is 11.7. The molecule has 4 aromatic carbocycles. The van der Waals surface area contributed by atoms with Crippen LogP contribution in [0.1, 0.15) is 22.3 Å². The molecule has 2 N–H and O–H groups in total. The van der Waals surface area contributed by atoms with Gasteiger partial charge in [0, 0.05) is 40.1 Å². The number of hydrogen-bond donors (Lipinski definition) is 1. The van der Waals surface area contributed by atoms with Crippen LogP contribution >= 0.6 is 0 Å². The summed E-state index contributed by atoms with van der Waals surface area (Å²) in [7, 11) is 0. The van der Waals surface area contributed by atoms with E-state index in [1.165, 1.54) is 33.8 Å². The summed E-state index contributed by atoms with van der Waals surface area (Å²) >= 11 is 0. The zero-order valence-electron chi connectivity index (χ0n) is 19.5. The lowest BCUT2D eigenvalue weighted by atomic mass is 10.1. The number of anilines is 3. The molecule has 0 fully saturated rings. The van der Waals surface area contributed by atoms with Crippen LogP contribution in [0.5, 0.6) is 0 Å². The van der Waals surface area contributed by atoms with Crippen molar-refractivity contribution >= 4 is 34.2 Å². The fourth-order valence-electron chi connectivity index (χ4n) is 5.00. The van der Waals surface area contributed by atoms with E-state index in [1.54, 1.807) is 0 Å². The molecule has 0 atom stereocenters. The van der Waals surface area contributed by atoms with E-state index in [2.05, 4.69) is 126 Å². The molecule has 3 heteroatoms. The average Bonchev–Trinajstić information content (AvgIpc) is 3.35. The number of aromatic nitrogens is 1. The number of para-hydroxylation sites is 2. The Morgan fingerprint density at radius 2 is 1.32 bits per heavy atom. The van der Waals surface area contributed by atoms with Crippen molar-refractivity contribution in [3.8, 4) is 5.69 Å². The Balaban J connectivity index is 1.56. The van der Waals surface area contributed by atoms with Crippen LogP contribution in [0.25, 0.3) is 22.7 Å². The van der Waals surface area contributed by atoms with Crippen molar-refractivity contribution in [1.82, 2.24) is 4.57 Å². The van der Waals surface area contributed by atoms with E-state index < -0.39 is 0 Å². The Bertz CT molecular complexity index is 1540. The largest absolute Gasteiger partial charge is 0.384 e. The van der Waals surface area contributed by atoms with E-state index in [0.717, 1.165) is 34.4 Å². The zero-order chi connectivity index (χ0) is 23.2. The molecule has 1 aliphatic heterocycles. The standard InChI is InChI=1S/C31H27N3/c1-21-11-15-24(16-12-21)33-26(19-23-7-3-5-9-29(23)33)20-28-27-8-4-6-10-30(27)34(31(28)32)25-17-13-22(2)14-18-25/h3-18,20H,19,32H2,1-2H3/b26-20+. The molecule has 0 bridgehead atoms. The number of nitrogens with two attached hydrogens (primary N) is 1. The van der Waals surface area contributed by atoms with Gasteiger partial charge < -0.3 is 10.6 Å². The van der Waals surface area contributed by atoms with E-state index in [1.807, 2.05) is 0 Å². The van der Waals surface area contributed by atoms with Gasteiger partial charge in [-0.3, -0.25) is 4.57 Å². The molecule has 2 heterocycles. The highest BCUT2D eigenvalue weighted by Gasteiger charge is 2.26. The highest BCUT2D eigenvalue weighted by atomic mass is 15.2. The third-order valence-electron chi connectivity index (χ3n) is 6.74. The van der Waals surface area contributed by atoms with Crippen LogP contribution in [0.3, 0.4) is 0 Å². The molecule has 1 aliphatic rings. The van der Waals surface area contributed by atoms with Crippen LogP contribution in [-0.2, 0) is 6.42 Å². The fourth-order valence-corrected chi connectivity index (χ4v) is 5.00. The van der Waals surface area contributed by atoms with E-state index in [4.69, 9.17) is 5.73 Å². The van der Waals surface area contributed by atoms with Crippen LogP contribution in [0.4, 0.5) is 17.2 Å². The van der Waals surface area contributed by atoms with Gasteiger partial charge in [0.2, 0.25) is 0 Å². The van der Waals surface area contributed by atoms with Gasteiger partial charge in [-0.25, -0.2) is 0 Å². The first-order chi connectivity index (χ1) is 16.6. The summed E-state index contributed by atoms with van der Waals surface area (Å²) in [5.41, 5.74) is 17.6. The Labute approximate surface area is 200 Å². The van der Waals surface area contributed by atoms with Gasteiger partial charge in [-0.1, -0.05) is 71.8 Å². The second-order valence-corrected chi connectivity index (χ2v) is 9.10. The fraction of sp³-hybridized carbons (Fsp3) is 0.0968. The molecule has 5 aromatic rings. The number of hydrogen-bond acceptors (Lipinski definition) is 2. The molecule has 166 valence electrons. The molecule has 0 unspecified atom stereocenters. The Morgan fingerprint density at radius 3 is 2.06 bits per heavy atom. The summed E-state index contributed by atoms with van der Waals surface area (Å²) in [5, 5.41) is 1.16. The number of allylic oxidation sites excluding steroid dienone is 1. The zero-order valence-corrected chi connectivity index (χ0v) is 19.5. The van der Waals surface area contributed by atoms with E-state index >= 15 is 0 Å². The van der Waals surface area contributed by atoms with E-state index in [-0.39, 0.29) is 0 Å². The highest BCUT2D eigenvalue weighted by molar-refractivity contribution is 5.98. The maximum atomic E-state index is 6.87. The van der Waals surface area contributed by atoms with Gasteiger partial charge in [-0.05, 0) is 61.9 Å². The van der Waals surface area contributed by atoms with Crippen molar-refractivity contribution in [1.29, 1.82) is 0 Å². The number of fused-ring (bicyclic) bond motifs is 2. The van der Waals surface area contributed by atoms with Crippen molar-refractivity contribution in [3.05, 3.63) is 125 Å². The van der Waals surface area contributed by atoms with Crippen LogP contribution in [0, 0.1) is 13.8 Å². The maximum absolute atomic E-state index is 6.87. The van der Waals surface area contributed by atoms with Crippen molar-refractivity contribution < 1.29 is 0 Å². The molecular weight excluding hydrogens is 414 g/mol. The smallest absolute Gasteiger partial charge is 0.116 e. The van der Waals surface area contributed by atoms with Crippen molar-refractivity contribution in [3.63, 3.8) is 0 Å². The van der Waals surface area contributed by atoms with E-state index in [0.29, 0.717) is 0 Å². The molecule has 0 saturated carbocycles. The Kier molecular flexibility index (Phi) is 4.77. The monoisotopic (exact) mass is 441 g/mol. The molecule has 0 radical (unpaired) electrons. The van der Waals surface area contributed by atoms with Crippen LogP contribution in [0.15, 0.2) is 103 Å². The van der Waals surface area contributed by atoms with E-state index in [9.17, 15) is 0 Å². The summed E-state index contributed by atoms with van der Waals surface area (Å²) in [6, 6.07) is 34.4. The SMILES string of the molecule is Cc1ccc(N2/C(=C/c3c(N)n(-c4ccc(C)cc4)c4ccccc34)Cc3ccccc32)cc1. The lowest BCUT2D eigenvalue weighted by Crippen LogP contribution is -2.11. The number of aryl methyl sites for hydroxylation is 2. The minimum atomic E-state index is 0.761. The maximum Gasteiger partial charge on any atom is 0.116 e. The lowest BCUT2D eigenvalue weighted by Gasteiger charge is -2.22. The van der Waals surface area contributed by atoms with Gasteiger partial charge in [-0.2, -0.15) is 0 Å². The number of benzene rings is 4. The molecule has 0 spiro atoms. The Morgan fingerprint density at radius 1 is 0.706 bits per heavy atom. The van der Waals surface area contributed by atoms with Gasteiger partial charge in [0.1, 0.15) is 5.82 Å². The van der Waals surface area contributed by atoms with Gasteiger partial charge in [0.05, 0.1) is 5.52 Å². The highest BCUT2D eigenvalue weighted by Crippen LogP contribution is 2.43. The second-order valence-electron chi connectivity index (χ2n) is 9.10. The molecule has 1 aromatic heterocycles. The first-order valence-corrected chi connectivity index (χ1v) is 11.7. The molecule has 0 amide bonds. The molecular formula is C31H27N3. The Hall–Kier alpha value is -4.24. The summed E-state index contributed by atoms with van der Waals surface area (Å²) in [6.07, 6.45) is 3.15. The molecule has 6 rings (SSSR count). The van der Waals surface area contributed by atoms with Gasteiger partial charge in [-0.15, -0.1) is 0 Å². The summed E-state index contributed by atoms with van der Waals surface area (Å²) in [5.74, 6) is 0.761. The predicted octanol–water partition coefficient (Wildman–Crippen LogP) is 7.56. The van der Waals surface area contributed by atoms with Gasteiger partial charge in [0.15, 0.2) is 0 Å². The summed E-state index contributed by atoms with van der Waals surface area (Å²) in [6.45, 7) is 4.23. The van der Waals surface area contributed by atoms with Crippen molar-refractivity contribution in [2.45, 2.75) is 20.3 Å². The summed E-state index contributed by atoms with van der Waals surface area (Å²) < 4.78 is 2.17. The first kappa shape index (κ1) is 20.4. The number of rotatable bonds is 3. The minimum Gasteiger partial charge on any atom is -0.384 e.